The Hall–Kier alpha value is -0.830. The lowest BCUT2D eigenvalue weighted by atomic mass is 10.1. The molecule has 3 nitrogen and oxygen atoms in total. The molecular weight excluding hydrogens is 166 g/mol. The zero-order valence-electron chi connectivity index (χ0n) is 7.99. The number of allylic oxidation sites excluding steroid dienone is 2. The highest BCUT2D eigenvalue weighted by atomic mass is 16.3. The van der Waals surface area contributed by atoms with Crippen LogP contribution in [0.4, 0.5) is 0 Å². The number of rotatable bonds is 4. The smallest absolute Gasteiger partial charge is 0.220 e. The maximum absolute atomic E-state index is 11.2. The van der Waals surface area contributed by atoms with Gasteiger partial charge in [0.05, 0.1) is 6.10 Å². The summed E-state index contributed by atoms with van der Waals surface area (Å²) in [5.74, 6) is 0.450. The van der Waals surface area contributed by atoms with Gasteiger partial charge in [0.25, 0.3) is 0 Å². The molecule has 0 bridgehead atoms. The van der Waals surface area contributed by atoms with Gasteiger partial charge in [-0.25, -0.2) is 0 Å². The van der Waals surface area contributed by atoms with Crippen LogP contribution in [0.1, 0.15) is 26.2 Å². The monoisotopic (exact) mass is 183 g/mol. The number of hydrogen-bond acceptors (Lipinski definition) is 2. The molecule has 0 fully saturated rings. The summed E-state index contributed by atoms with van der Waals surface area (Å²) in [5.41, 5.74) is 0. The number of nitrogens with one attached hydrogen (secondary N) is 1. The van der Waals surface area contributed by atoms with Gasteiger partial charge in [0.2, 0.25) is 5.91 Å². The number of amides is 1. The molecule has 0 heterocycles. The Balaban J connectivity index is 2.13. The summed E-state index contributed by atoms with van der Waals surface area (Å²) in [4.78, 5) is 11.2. The third-order valence-corrected chi connectivity index (χ3v) is 2.15. The Morgan fingerprint density at radius 2 is 2.54 bits per heavy atom. The van der Waals surface area contributed by atoms with E-state index < -0.39 is 6.10 Å². The van der Waals surface area contributed by atoms with Crippen molar-refractivity contribution in [3.05, 3.63) is 12.2 Å². The number of carbonyl (C=O) groups is 1. The average Bonchev–Trinajstić information content (AvgIpc) is 2.53. The molecule has 74 valence electrons. The van der Waals surface area contributed by atoms with Gasteiger partial charge in [-0.15, -0.1) is 0 Å². The lowest BCUT2D eigenvalue weighted by Gasteiger charge is -2.09. The molecule has 0 spiro atoms. The maximum atomic E-state index is 11.2. The largest absolute Gasteiger partial charge is 0.392 e. The van der Waals surface area contributed by atoms with Crippen molar-refractivity contribution in [1.29, 1.82) is 0 Å². The highest BCUT2D eigenvalue weighted by Gasteiger charge is 2.13. The Labute approximate surface area is 78.8 Å². The molecule has 0 saturated carbocycles. The molecular formula is C10H17NO2. The van der Waals surface area contributed by atoms with E-state index in [0.29, 0.717) is 18.9 Å². The summed E-state index contributed by atoms with van der Waals surface area (Å²) in [6, 6.07) is 0. The summed E-state index contributed by atoms with van der Waals surface area (Å²) >= 11 is 0. The zero-order chi connectivity index (χ0) is 9.68. The Morgan fingerprint density at radius 1 is 1.77 bits per heavy atom. The van der Waals surface area contributed by atoms with Gasteiger partial charge in [-0.3, -0.25) is 4.79 Å². The number of aliphatic hydroxyl groups excluding tert-OH is 1. The number of carbonyl (C=O) groups excluding carboxylic acids is 1. The topological polar surface area (TPSA) is 49.3 Å². The Morgan fingerprint density at radius 3 is 3.08 bits per heavy atom. The van der Waals surface area contributed by atoms with Crippen molar-refractivity contribution in [2.75, 3.05) is 6.54 Å². The fourth-order valence-corrected chi connectivity index (χ4v) is 1.44. The van der Waals surface area contributed by atoms with Crippen LogP contribution in [-0.4, -0.2) is 23.7 Å². The van der Waals surface area contributed by atoms with Gasteiger partial charge in [-0.2, -0.15) is 0 Å². The first-order valence-corrected chi connectivity index (χ1v) is 4.80. The van der Waals surface area contributed by atoms with Crippen molar-refractivity contribution in [2.24, 2.45) is 5.92 Å². The molecule has 0 aromatic rings. The first-order chi connectivity index (χ1) is 6.18. The molecule has 1 amide bonds. The molecule has 0 aromatic carbocycles. The van der Waals surface area contributed by atoms with Crippen LogP contribution in [0.15, 0.2) is 12.2 Å². The normalized spacial score (nSPS) is 23.1. The van der Waals surface area contributed by atoms with E-state index in [4.69, 9.17) is 5.11 Å². The summed E-state index contributed by atoms with van der Waals surface area (Å²) < 4.78 is 0. The van der Waals surface area contributed by atoms with Crippen molar-refractivity contribution >= 4 is 5.91 Å². The zero-order valence-corrected chi connectivity index (χ0v) is 7.99. The van der Waals surface area contributed by atoms with Crippen molar-refractivity contribution in [3.8, 4) is 0 Å². The van der Waals surface area contributed by atoms with E-state index in [2.05, 4.69) is 17.5 Å². The quantitative estimate of drug-likeness (QED) is 0.634. The second kappa shape index (κ2) is 5.02. The van der Waals surface area contributed by atoms with E-state index in [9.17, 15) is 4.79 Å². The minimum atomic E-state index is -0.455. The van der Waals surface area contributed by atoms with Gasteiger partial charge in [-0.1, -0.05) is 12.2 Å². The predicted molar refractivity (Wildman–Crippen MR) is 51.2 cm³/mol. The Kier molecular flexibility index (Phi) is 3.96. The molecule has 0 aliphatic heterocycles. The first kappa shape index (κ1) is 10.3. The first-order valence-electron chi connectivity index (χ1n) is 4.80. The second-order valence-corrected chi connectivity index (χ2v) is 3.62. The van der Waals surface area contributed by atoms with Gasteiger partial charge in [0, 0.05) is 13.0 Å². The van der Waals surface area contributed by atoms with Gasteiger partial charge in [0.1, 0.15) is 0 Å². The lowest BCUT2D eigenvalue weighted by molar-refractivity contribution is -0.122. The van der Waals surface area contributed by atoms with Gasteiger partial charge in [-0.05, 0) is 25.7 Å². The van der Waals surface area contributed by atoms with Crippen molar-refractivity contribution in [1.82, 2.24) is 5.32 Å². The van der Waals surface area contributed by atoms with Crippen LogP contribution in [0.2, 0.25) is 0 Å². The van der Waals surface area contributed by atoms with Gasteiger partial charge >= 0.3 is 0 Å². The fraction of sp³-hybridized carbons (Fsp3) is 0.700. The van der Waals surface area contributed by atoms with E-state index in [0.717, 1.165) is 12.8 Å². The molecule has 1 rings (SSSR count). The van der Waals surface area contributed by atoms with Crippen LogP contribution in [0.25, 0.3) is 0 Å². The number of hydrogen-bond donors (Lipinski definition) is 2. The fourth-order valence-electron chi connectivity index (χ4n) is 1.44. The van der Waals surface area contributed by atoms with Gasteiger partial charge < -0.3 is 10.4 Å². The third-order valence-electron chi connectivity index (χ3n) is 2.15. The average molecular weight is 183 g/mol. The molecule has 2 atom stereocenters. The lowest BCUT2D eigenvalue weighted by Crippen LogP contribution is -2.31. The molecule has 2 N–H and O–H groups in total. The molecule has 1 aliphatic rings. The maximum Gasteiger partial charge on any atom is 0.220 e. The Bertz CT molecular complexity index is 199. The van der Waals surface area contributed by atoms with Crippen LogP contribution in [0.3, 0.4) is 0 Å². The van der Waals surface area contributed by atoms with Crippen LogP contribution >= 0.6 is 0 Å². The summed E-state index contributed by atoms with van der Waals surface area (Å²) in [5, 5.41) is 11.6. The van der Waals surface area contributed by atoms with Crippen LogP contribution in [0, 0.1) is 5.92 Å². The minimum Gasteiger partial charge on any atom is -0.392 e. The van der Waals surface area contributed by atoms with E-state index in [1.165, 1.54) is 0 Å². The highest BCUT2D eigenvalue weighted by molar-refractivity contribution is 5.76. The molecule has 1 aliphatic carbocycles. The van der Waals surface area contributed by atoms with Crippen LogP contribution < -0.4 is 5.32 Å². The minimum absolute atomic E-state index is 0.0393. The second-order valence-electron chi connectivity index (χ2n) is 3.62. The predicted octanol–water partition coefficient (Wildman–Crippen LogP) is 0.840. The highest BCUT2D eigenvalue weighted by Crippen LogP contribution is 2.19. The van der Waals surface area contributed by atoms with E-state index in [1.54, 1.807) is 6.92 Å². The van der Waals surface area contributed by atoms with Crippen LogP contribution in [-0.2, 0) is 4.79 Å². The molecule has 2 unspecified atom stereocenters. The van der Waals surface area contributed by atoms with Crippen LogP contribution in [0.5, 0.6) is 0 Å². The van der Waals surface area contributed by atoms with Crippen molar-refractivity contribution in [2.45, 2.75) is 32.3 Å². The van der Waals surface area contributed by atoms with E-state index in [-0.39, 0.29) is 5.91 Å². The third kappa shape index (κ3) is 4.08. The SMILES string of the molecule is CC(O)CNC(=O)CC1C=CCC1. The molecule has 3 heteroatoms. The molecule has 13 heavy (non-hydrogen) atoms. The molecule has 0 radical (unpaired) electrons. The van der Waals surface area contributed by atoms with E-state index >= 15 is 0 Å². The standard InChI is InChI=1S/C10H17NO2/c1-8(12)7-11-10(13)6-9-4-2-3-5-9/h2,4,8-9,12H,3,5-7H2,1H3,(H,11,13). The summed E-state index contributed by atoms with van der Waals surface area (Å²) in [7, 11) is 0. The van der Waals surface area contributed by atoms with Crippen molar-refractivity contribution in [3.63, 3.8) is 0 Å². The molecule has 0 saturated heterocycles. The van der Waals surface area contributed by atoms with Gasteiger partial charge in [0.15, 0.2) is 0 Å². The van der Waals surface area contributed by atoms with Crippen molar-refractivity contribution < 1.29 is 9.90 Å². The van der Waals surface area contributed by atoms with E-state index in [1.807, 2.05) is 0 Å². The summed E-state index contributed by atoms with van der Waals surface area (Å²) in [6.45, 7) is 2.02. The number of aliphatic hydroxyl groups is 1. The summed E-state index contributed by atoms with van der Waals surface area (Å²) in [6.07, 6.45) is 6.50. The molecule has 0 aromatic heterocycles.